The zero-order chi connectivity index (χ0) is 10.0. The molecule has 13 heavy (non-hydrogen) atoms. The highest BCUT2D eigenvalue weighted by atomic mass is 19.1. The highest BCUT2D eigenvalue weighted by molar-refractivity contribution is 6.64. The van der Waals surface area contributed by atoms with E-state index in [9.17, 15) is 9.41 Å². The Hall–Kier alpha value is -0.825. The maximum absolute atomic E-state index is 13.3. The normalized spacial score (nSPS) is 10.6. The van der Waals surface area contributed by atoms with Crippen LogP contribution < -0.4 is 5.46 Å². The van der Waals surface area contributed by atoms with E-state index in [0.29, 0.717) is 11.4 Å². The van der Waals surface area contributed by atoms with Crippen molar-refractivity contribution in [2.45, 2.75) is 26.6 Å². The number of rotatable bonds is 2. The number of halogens is 1. The number of hydrogen-bond donors (Lipinski definition) is 1. The van der Waals surface area contributed by atoms with Crippen molar-refractivity contribution in [2.24, 2.45) is 0 Å². The van der Waals surface area contributed by atoms with Crippen LogP contribution in [0.1, 0.15) is 25.3 Å². The zero-order valence-corrected chi connectivity index (χ0v) is 8.21. The van der Waals surface area contributed by atoms with Gasteiger partial charge in [-0.3, -0.25) is 0 Å². The van der Waals surface area contributed by atoms with Gasteiger partial charge >= 0.3 is 6.92 Å². The predicted octanol–water partition coefficient (Wildman–Crippen LogP) is 1.77. The van der Waals surface area contributed by atoms with Crippen LogP contribution in [0.15, 0.2) is 18.2 Å². The second kappa shape index (κ2) is 3.92. The summed E-state index contributed by atoms with van der Waals surface area (Å²) in [6.07, 6.45) is 0. The topological polar surface area (TPSA) is 20.2 Å². The van der Waals surface area contributed by atoms with Gasteiger partial charge in [0.15, 0.2) is 0 Å². The van der Waals surface area contributed by atoms with Crippen molar-refractivity contribution in [3.8, 4) is 0 Å². The highest BCUT2D eigenvalue weighted by Crippen LogP contribution is 2.13. The molecular weight excluding hydrogens is 166 g/mol. The summed E-state index contributed by atoms with van der Waals surface area (Å²) in [6, 6.07) is 5.00. The monoisotopic (exact) mass is 180 g/mol. The van der Waals surface area contributed by atoms with Crippen LogP contribution in [0.2, 0.25) is 6.82 Å². The molecule has 0 aliphatic rings. The second-order valence-corrected chi connectivity index (χ2v) is 3.61. The van der Waals surface area contributed by atoms with Crippen LogP contribution in [0.4, 0.5) is 4.39 Å². The van der Waals surface area contributed by atoms with Crippen LogP contribution in [-0.4, -0.2) is 11.9 Å². The van der Waals surface area contributed by atoms with E-state index in [-0.39, 0.29) is 5.82 Å². The van der Waals surface area contributed by atoms with E-state index in [1.165, 1.54) is 6.07 Å². The molecule has 0 radical (unpaired) electrons. The molecule has 0 spiro atoms. The molecule has 0 aromatic heterocycles. The molecule has 1 aromatic carbocycles. The first-order valence-corrected chi connectivity index (χ1v) is 4.49. The van der Waals surface area contributed by atoms with Crippen molar-refractivity contribution in [3.05, 3.63) is 29.6 Å². The van der Waals surface area contributed by atoms with Gasteiger partial charge in [0, 0.05) is 0 Å². The van der Waals surface area contributed by atoms with Crippen molar-refractivity contribution >= 4 is 12.4 Å². The molecule has 0 bridgehead atoms. The first-order valence-electron chi connectivity index (χ1n) is 4.49. The summed E-state index contributed by atoms with van der Waals surface area (Å²) in [6.45, 7) is 4.85. The standard InChI is InChI=1S/C10H14BFO/c1-7(2)8-4-5-9(11(3)13)10(12)6-8/h4-7,13H,1-3H3. The van der Waals surface area contributed by atoms with Crippen LogP contribution in [-0.2, 0) is 0 Å². The smallest absolute Gasteiger partial charge is 0.323 e. The third kappa shape index (κ3) is 2.31. The van der Waals surface area contributed by atoms with Crippen molar-refractivity contribution in [2.75, 3.05) is 0 Å². The summed E-state index contributed by atoms with van der Waals surface area (Å²) in [4.78, 5) is 0. The van der Waals surface area contributed by atoms with E-state index in [4.69, 9.17) is 0 Å². The Morgan fingerprint density at radius 1 is 1.38 bits per heavy atom. The van der Waals surface area contributed by atoms with Crippen molar-refractivity contribution in [1.29, 1.82) is 0 Å². The van der Waals surface area contributed by atoms with E-state index >= 15 is 0 Å². The average molecular weight is 180 g/mol. The Morgan fingerprint density at radius 2 is 2.00 bits per heavy atom. The molecule has 0 heterocycles. The van der Waals surface area contributed by atoms with Crippen LogP contribution in [0.5, 0.6) is 0 Å². The molecule has 70 valence electrons. The minimum Gasteiger partial charge on any atom is -0.446 e. The van der Waals surface area contributed by atoms with Crippen LogP contribution in [0.25, 0.3) is 0 Å². The molecule has 1 rings (SSSR count). The summed E-state index contributed by atoms with van der Waals surface area (Å²) < 4.78 is 13.3. The Labute approximate surface area is 78.7 Å². The van der Waals surface area contributed by atoms with E-state index in [0.717, 1.165) is 5.56 Å². The van der Waals surface area contributed by atoms with Gasteiger partial charge in [0.05, 0.1) is 0 Å². The van der Waals surface area contributed by atoms with Gasteiger partial charge in [0.1, 0.15) is 5.82 Å². The van der Waals surface area contributed by atoms with Crippen LogP contribution in [0.3, 0.4) is 0 Å². The second-order valence-electron chi connectivity index (χ2n) is 3.61. The van der Waals surface area contributed by atoms with Gasteiger partial charge in [-0.2, -0.15) is 0 Å². The molecule has 0 fully saturated rings. The summed E-state index contributed by atoms with van der Waals surface area (Å²) in [5.41, 5.74) is 1.33. The fourth-order valence-corrected chi connectivity index (χ4v) is 1.24. The Balaban J connectivity index is 3.06. The predicted molar refractivity (Wildman–Crippen MR) is 54.0 cm³/mol. The molecule has 0 aliphatic heterocycles. The van der Waals surface area contributed by atoms with Crippen LogP contribution >= 0.6 is 0 Å². The van der Waals surface area contributed by atoms with Gasteiger partial charge in [-0.05, 0) is 23.0 Å². The van der Waals surface area contributed by atoms with Gasteiger partial charge in [-0.25, -0.2) is 4.39 Å². The molecule has 1 nitrogen and oxygen atoms in total. The lowest BCUT2D eigenvalue weighted by molar-refractivity contribution is 0.583. The van der Waals surface area contributed by atoms with Gasteiger partial charge in [0.2, 0.25) is 0 Å². The van der Waals surface area contributed by atoms with Gasteiger partial charge in [0.25, 0.3) is 0 Å². The average Bonchev–Trinajstić information content (AvgIpc) is 2.03. The first-order chi connectivity index (χ1) is 6.02. The van der Waals surface area contributed by atoms with E-state index < -0.39 is 6.92 Å². The molecule has 0 saturated heterocycles. The number of hydrogen-bond acceptors (Lipinski definition) is 1. The maximum atomic E-state index is 13.3. The quantitative estimate of drug-likeness (QED) is 0.687. The molecule has 3 heteroatoms. The minimum absolute atomic E-state index is 0.317. The van der Waals surface area contributed by atoms with E-state index in [2.05, 4.69) is 0 Å². The molecule has 0 aliphatic carbocycles. The summed E-state index contributed by atoms with van der Waals surface area (Å²) in [7, 11) is 0. The molecule has 0 unspecified atom stereocenters. The minimum atomic E-state index is -0.735. The summed E-state index contributed by atoms with van der Waals surface area (Å²) >= 11 is 0. The molecule has 1 aromatic rings. The molecular formula is C10H14BFO. The molecule has 0 atom stereocenters. The van der Waals surface area contributed by atoms with Crippen molar-refractivity contribution in [1.82, 2.24) is 0 Å². The lowest BCUT2D eigenvalue weighted by Crippen LogP contribution is -2.29. The van der Waals surface area contributed by atoms with E-state index in [1.54, 1.807) is 12.9 Å². The lowest BCUT2D eigenvalue weighted by Gasteiger charge is -2.08. The van der Waals surface area contributed by atoms with Gasteiger partial charge in [-0.15, -0.1) is 0 Å². The maximum Gasteiger partial charge on any atom is 0.323 e. The van der Waals surface area contributed by atoms with Gasteiger partial charge in [-0.1, -0.05) is 32.8 Å². The molecule has 0 amide bonds. The Kier molecular flexibility index (Phi) is 3.09. The fraction of sp³-hybridized carbons (Fsp3) is 0.400. The van der Waals surface area contributed by atoms with Crippen LogP contribution in [0, 0.1) is 5.82 Å². The Bertz CT molecular complexity index is 297. The lowest BCUT2D eigenvalue weighted by atomic mass is 9.64. The van der Waals surface area contributed by atoms with Crippen molar-refractivity contribution in [3.63, 3.8) is 0 Å². The van der Waals surface area contributed by atoms with Crippen molar-refractivity contribution < 1.29 is 9.41 Å². The molecule has 0 saturated carbocycles. The third-order valence-electron chi connectivity index (χ3n) is 2.14. The highest BCUT2D eigenvalue weighted by Gasteiger charge is 2.13. The fourth-order valence-electron chi connectivity index (χ4n) is 1.24. The summed E-state index contributed by atoms with van der Waals surface area (Å²) in [5, 5.41) is 9.19. The summed E-state index contributed by atoms with van der Waals surface area (Å²) in [5.74, 6) is -0.00116. The third-order valence-corrected chi connectivity index (χ3v) is 2.14. The number of benzene rings is 1. The SMILES string of the molecule is CB(O)c1ccc(C(C)C)cc1F. The molecule has 1 N–H and O–H groups in total. The first kappa shape index (κ1) is 10.3. The van der Waals surface area contributed by atoms with Gasteiger partial charge < -0.3 is 5.02 Å². The largest absolute Gasteiger partial charge is 0.446 e. The zero-order valence-electron chi connectivity index (χ0n) is 8.21. The Morgan fingerprint density at radius 3 is 2.38 bits per heavy atom. The van der Waals surface area contributed by atoms with E-state index in [1.807, 2.05) is 19.9 Å².